The predicted molar refractivity (Wildman–Crippen MR) is 88.5 cm³/mol. The standard InChI is InChI=1S/C17H14ClNO5/c1-2-11-3-5-12(6-4-11)16(20)10-24-17(21)14-9-13(18)7-8-15(14)19(22)23/h3-9H,2,10H2,1H3. The van der Waals surface area contributed by atoms with E-state index < -0.39 is 29.0 Å². The molecule has 0 heterocycles. The van der Waals surface area contributed by atoms with Crippen molar-refractivity contribution in [2.75, 3.05) is 6.61 Å². The van der Waals surface area contributed by atoms with Crippen LogP contribution in [0.5, 0.6) is 0 Å². The molecule has 0 aliphatic carbocycles. The summed E-state index contributed by atoms with van der Waals surface area (Å²) in [6.45, 7) is 1.49. The van der Waals surface area contributed by atoms with E-state index in [4.69, 9.17) is 16.3 Å². The van der Waals surface area contributed by atoms with Gasteiger partial charge in [0.15, 0.2) is 12.4 Å². The molecule has 2 rings (SSSR count). The molecule has 0 saturated carbocycles. The van der Waals surface area contributed by atoms with Crippen molar-refractivity contribution in [2.45, 2.75) is 13.3 Å². The van der Waals surface area contributed by atoms with Crippen LogP contribution >= 0.6 is 11.6 Å². The summed E-state index contributed by atoms with van der Waals surface area (Å²) in [5, 5.41) is 11.1. The van der Waals surface area contributed by atoms with Gasteiger partial charge in [0.05, 0.1) is 4.92 Å². The average Bonchev–Trinajstić information content (AvgIpc) is 2.59. The van der Waals surface area contributed by atoms with Crippen molar-refractivity contribution >= 4 is 29.0 Å². The Morgan fingerprint density at radius 3 is 2.42 bits per heavy atom. The second-order valence-corrected chi connectivity index (χ2v) is 5.40. The first kappa shape index (κ1) is 17.6. The van der Waals surface area contributed by atoms with Crippen molar-refractivity contribution in [1.29, 1.82) is 0 Å². The number of carbonyl (C=O) groups is 2. The Hall–Kier alpha value is -2.73. The molecule has 24 heavy (non-hydrogen) atoms. The SMILES string of the molecule is CCc1ccc(C(=O)COC(=O)c2cc(Cl)ccc2[N+](=O)[O-])cc1. The molecule has 0 saturated heterocycles. The van der Waals surface area contributed by atoms with Crippen molar-refractivity contribution in [3.8, 4) is 0 Å². The number of nitro groups is 1. The van der Waals surface area contributed by atoms with Crippen LogP contribution in [0.15, 0.2) is 42.5 Å². The third-order valence-corrected chi connectivity index (χ3v) is 3.63. The van der Waals surface area contributed by atoms with Crippen molar-refractivity contribution in [1.82, 2.24) is 0 Å². The van der Waals surface area contributed by atoms with Gasteiger partial charge in [0, 0.05) is 16.7 Å². The monoisotopic (exact) mass is 347 g/mol. The molecule has 2 aromatic carbocycles. The number of esters is 1. The van der Waals surface area contributed by atoms with E-state index in [2.05, 4.69) is 0 Å². The molecule has 0 spiro atoms. The van der Waals surface area contributed by atoms with Gasteiger partial charge < -0.3 is 4.74 Å². The van der Waals surface area contributed by atoms with E-state index in [1.807, 2.05) is 19.1 Å². The van der Waals surface area contributed by atoms with E-state index in [0.717, 1.165) is 24.1 Å². The normalized spacial score (nSPS) is 10.2. The van der Waals surface area contributed by atoms with Crippen LogP contribution in [0.4, 0.5) is 5.69 Å². The van der Waals surface area contributed by atoms with Gasteiger partial charge in [0.25, 0.3) is 5.69 Å². The topological polar surface area (TPSA) is 86.5 Å². The average molecular weight is 348 g/mol. The van der Waals surface area contributed by atoms with Crippen LogP contribution in [-0.4, -0.2) is 23.3 Å². The number of nitro benzene ring substituents is 1. The lowest BCUT2D eigenvalue weighted by Crippen LogP contribution is -2.15. The number of nitrogens with zero attached hydrogens (tertiary/aromatic N) is 1. The molecule has 0 aromatic heterocycles. The number of Topliss-reactive ketones (excluding diaryl/α,β-unsaturated/α-hetero) is 1. The van der Waals surface area contributed by atoms with Crippen molar-refractivity contribution in [2.24, 2.45) is 0 Å². The number of aryl methyl sites for hydroxylation is 1. The quantitative estimate of drug-likeness (QED) is 0.343. The second-order valence-electron chi connectivity index (χ2n) is 4.97. The van der Waals surface area contributed by atoms with Crippen molar-refractivity contribution in [3.05, 3.63) is 74.3 Å². The molecule has 0 aliphatic heterocycles. The summed E-state index contributed by atoms with van der Waals surface area (Å²) in [6, 6.07) is 10.5. The maximum atomic E-state index is 12.0. The van der Waals surface area contributed by atoms with Gasteiger partial charge in [-0.3, -0.25) is 14.9 Å². The third-order valence-electron chi connectivity index (χ3n) is 3.39. The van der Waals surface area contributed by atoms with Gasteiger partial charge in [0.2, 0.25) is 0 Å². The van der Waals surface area contributed by atoms with Crippen LogP contribution < -0.4 is 0 Å². The van der Waals surface area contributed by atoms with Crippen LogP contribution in [0.2, 0.25) is 5.02 Å². The van der Waals surface area contributed by atoms with Crippen molar-refractivity contribution in [3.63, 3.8) is 0 Å². The van der Waals surface area contributed by atoms with Crippen LogP contribution in [0, 0.1) is 10.1 Å². The van der Waals surface area contributed by atoms with E-state index in [9.17, 15) is 19.7 Å². The Kier molecular flexibility index (Phi) is 5.65. The van der Waals surface area contributed by atoms with Gasteiger partial charge in [-0.2, -0.15) is 0 Å². The Morgan fingerprint density at radius 1 is 1.17 bits per heavy atom. The summed E-state index contributed by atoms with van der Waals surface area (Å²) in [7, 11) is 0. The van der Waals surface area contributed by atoms with Crippen LogP contribution in [0.1, 0.15) is 33.2 Å². The lowest BCUT2D eigenvalue weighted by atomic mass is 10.1. The van der Waals surface area contributed by atoms with Gasteiger partial charge in [-0.15, -0.1) is 0 Å². The van der Waals surface area contributed by atoms with E-state index >= 15 is 0 Å². The molecule has 2 aromatic rings. The number of halogens is 1. The molecule has 0 radical (unpaired) electrons. The fraction of sp³-hybridized carbons (Fsp3) is 0.176. The number of ether oxygens (including phenoxy) is 1. The van der Waals surface area contributed by atoms with E-state index in [-0.39, 0.29) is 10.6 Å². The summed E-state index contributed by atoms with van der Waals surface area (Å²) < 4.78 is 4.90. The number of hydrogen-bond acceptors (Lipinski definition) is 5. The fourth-order valence-electron chi connectivity index (χ4n) is 2.05. The molecule has 6 nitrogen and oxygen atoms in total. The number of rotatable bonds is 6. The molecule has 0 aliphatic rings. The highest BCUT2D eigenvalue weighted by Gasteiger charge is 2.22. The number of benzene rings is 2. The largest absolute Gasteiger partial charge is 0.454 e. The van der Waals surface area contributed by atoms with Crippen LogP contribution in [0.25, 0.3) is 0 Å². The Morgan fingerprint density at radius 2 is 1.83 bits per heavy atom. The maximum Gasteiger partial charge on any atom is 0.345 e. The number of ketones is 1. The minimum Gasteiger partial charge on any atom is -0.454 e. The van der Waals surface area contributed by atoms with E-state index in [1.165, 1.54) is 6.07 Å². The van der Waals surface area contributed by atoms with Gasteiger partial charge in [-0.05, 0) is 24.1 Å². The van der Waals surface area contributed by atoms with E-state index in [0.29, 0.717) is 5.56 Å². The second kappa shape index (κ2) is 7.70. The fourth-order valence-corrected chi connectivity index (χ4v) is 2.22. The summed E-state index contributed by atoms with van der Waals surface area (Å²) in [5.74, 6) is -1.36. The molecule has 0 fully saturated rings. The van der Waals surface area contributed by atoms with Gasteiger partial charge in [-0.1, -0.05) is 42.8 Å². The number of carbonyl (C=O) groups excluding carboxylic acids is 2. The minimum atomic E-state index is -0.970. The van der Waals surface area contributed by atoms with Crippen molar-refractivity contribution < 1.29 is 19.2 Å². The molecule has 0 unspecified atom stereocenters. The predicted octanol–water partition coefficient (Wildman–Crippen LogP) is 3.85. The Balaban J connectivity index is 2.08. The molecular formula is C17H14ClNO5. The zero-order chi connectivity index (χ0) is 17.7. The Bertz CT molecular complexity index is 786. The smallest absolute Gasteiger partial charge is 0.345 e. The first-order valence-corrected chi connectivity index (χ1v) is 7.53. The molecule has 7 heteroatoms. The molecular weight excluding hydrogens is 334 g/mol. The summed E-state index contributed by atoms with van der Waals surface area (Å²) >= 11 is 5.76. The van der Waals surface area contributed by atoms with Gasteiger partial charge in [-0.25, -0.2) is 4.79 Å². The zero-order valence-electron chi connectivity index (χ0n) is 12.8. The Labute approximate surface area is 143 Å². The highest BCUT2D eigenvalue weighted by Crippen LogP contribution is 2.23. The minimum absolute atomic E-state index is 0.161. The lowest BCUT2D eigenvalue weighted by molar-refractivity contribution is -0.385. The molecule has 124 valence electrons. The van der Waals surface area contributed by atoms with Crippen LogP contribution in [0.3, 0.4) is 0 Å². The first-order chi connectivity index (χ1) is 11.4. The molecule has 0 bridgehead atoms. The lowest BCUT2D eigenvalue weighted by Gasteiger charge is -2.06. The summed E-state index contributed by atoms with van der Waals surface area (Å²) in [6.07, 6.45) is 0.849. The highest BCUT2D eigenvalue weighted by atomic mass is 35.5. The molecule has 0 amide bonds. The zero-order valence-corrected chi connectivity index (χ0v) is 13.6. The summed E-state index contributed by atoms with van der Waals surface area (Å²) in [4.78, 5) is 34.3. The first-order valence-electron chi connectivity index (χ1n) is 7.15. The van der Waals surface area contributed by atoms with E-state index in [1.54, 1.807) is 12.1 Å². The maximum absolute atomic E-state index is 12.0. The molecule has 0 atom stereocenters. The third kappa shape index (κ3) is 4.17. The number of hydrogen-bond donors (Lipinski definition) is 0. The highest BCUT2D eigenvalue weighted by molar-refractivity contribution is 6.31. The van der Waals surface area contributed by atoms with Gasteiger partial charge >= 0.3 is 5.97 Å². The van der Waals surface area contributed by atoms with Crippen LogP contribution in [-0.2, 0) is 11.2 Å². The summed E-state index contributed by atoms with van der Waals surface area (Å²) in [5.41, 5.74) is 0.768. The van der Waals surface area contributed by atoms with Gasteiger partial charge in [0.1, 0.15) is 5.56 Å². The molecule has 0 N–H and O–H groups in total.